The molecule has 1 fully saturated rings. The Morgan fingerprint density at radius 3 is 2.53 bits per heavy atom. The number of rotatable bonds is 6. The number of carboxylic acid groups (broad SMARTS) is 1. The molecule has 6 nitrogen and oxygen atoms in total. The SMILES string of the molecule is O=C(CC1CNC1)NC(CCO)C(=O)O. The third-order valence-corrected chi connectivity index (χ3v) is 2.39. The van der Waals surface area contributed by atoms with Gasteiger partial charge in [-0.2, -0.15) is 0 Å². The Morgan fingerprint density at radius 1 is 1.47 bits per heavy atom. The van der Waals surface area contributed by atoms with E-state index in [0.717, 1.165) is 13.1 Å². The first-order chi connectivity index (χ1) is 7.13. The molecule has 4 N–H and O–H groups in total. The normalized spacial score (nSPS) is 17.9. The minimum absolute atomic E-state index is 0.0456. The summed E-state index contributed by atoms with van der Waals surface area (Å²) in [6.07, 6.45) is 0.395. The lowest BCUT2D eigenvalue weighted by molar-refractivity contribution is -0.142. The number of aliphatic carboxylic acids is 1. The van der Waals surface area contributed by atoms with Crippen LogP contribution in [0.2, 0.25) is 0 Å². The van der Waals surface area contributed by atoms with Gasteiger partial charge in [0, 0.05) is 19.4 Å². The second kappa shape index (κ2) is 5.67. The van der Waals surface area contributed by atoms with Gasteiger partial charge in [0.2, 0.25) is 5.91 Å². The minimum Gasteiger partial charge on any atom is -0.480 e. The molecule has 0 spiro atoms. The third kappa shape index (κ3) is 3.85. The molecule has 1 unspecified atom stereocenters. The smallest absolute Gasteiger partial charge is 0.326 e. The van der Waals surface area contributed by atoms with Crippen molar-refractivity contribution in [3.05, 3.63) is 0 Å². The van der Waals surface area contributed by atoms with Crippen LogP contribution in [0.5, 0.6) is 0 Å². The summed E-state index contributed by atoms with van der Waals surface area (Å²) in [6.45, 7) is 1.37. The first-order valence-corrected chi connectivity index (χ1v) is 4.97. The summed E-state index contributed by atoms with van der Waals surface area (Å²) in [6, 6.07) is -0.976. The molecule has 0 aromatic carbocycles. The van der Waals surface area contributed by atoms with Crippen LogP contribution in [0.4, 0.5) is 0 Å². The van der Waals surface area contributed by atoms with Crippen molar-refractivity contribution >= 4 is 11.9 Å². The van der Waals surface area contributed by atoms with Crippen LogP contribution in [-0.4, -0.2) is 47.8 Å². The predicted molar refractivity (Wildman–Crippen MR) is 52.2 cm³/mol. The van der Waals surface area contributed by atoms with Gasteiger partial charge in [0.15, 0.2) is 0 Å². The molecule has 0 aliphatic carbocycles. The van der Waals surface area contributed by atoms with Gasteiger partial charge >= 0.3 is 5.97 Å². The Kier molecular flexibility index (Phi) is 4.51. The minimum atomic E-state index is -1.11. The monoisotopic (exact) mass is 216 g/mol. The van der Waals surface area contributed by atoms with Gasteiger partial charge in [-0.05, 0) is 19.0 Å². The Labute approximate surface area is 87.7 Å². The molecule has 0 bridgehead atoms. The van der Waals surface area contributed by atoms with Crippen LogP contribution < -0.4 is 10.6 Å². The van der Waals surface area contributed by atoms with E-state index in [2.05, 4.69) is 10.6 Å². The van der Waals surface area contributed by atoms with E-state index >= 15 is 0 Å². The summed E-state index contributed by atoms with van der Waals surface area (Å²) in [5.41, 5.74) is 0. The number of carbonyl (C=O) groups is 2. The molecular weight excluding hydrogens is 200 g/mol. The molecule has 1 saturated heterocycles. The van der Waals surface area contributed by atoms with Gasteiger partial charge < -0.3 is 20.8 Å². The Hall–Kier alpha value is -1.14. The topological polar surface area (TPSA) is 98.7 Å². The summed E-state index contributed by atoms with van der Waals surface area (Å²) >= 11 is 0. The molecule has 86 valence electrons. The number of amides is 1. The lowest BCUT2D eigenvalue weighted by Crippen LogP contribution is -2.47. The van der Waals surface area contributed by atoms with Crippen molar-refractivity contribution in [3.63, 3.8) is 0 Å². The van der Waals surface area contributed by atoms with E-state index in [-0.39, 0.29) is 18.9 Å². The zero-order valence-electron chi connectivity index (χ0n) is 8.40. The highest BCUT2D eigenvalue weighted by atomic mass is 16.4. The zero-order valence-corrected chi connectivity index (χ0v) is 8.40. The maximum Gasteiger partial charge on any atom is 0.326 e. The Morgan fingerprint density at radius 2 is 2.13 bits per heavy atom. The van der Waals surface area contributed by atoms with Gasteiger partial charge in [-0.3, -0.25) is 4.79 Å². The third-order valence-electron chi connectivity index (χ3n) is 2.39. The highest BCUT2D eigenvalue weighted by molar-refractivity contribution is 5.83. The van der Waals surface area contributed by atoms with Crippen molar-refractivity contribution in [1.29, 1.82) is 0 Å². The fourth-order valence-electron chi connectivity index (χ4n) is 1.39. The second-order valence-electron chi connectivity index (χ2n) is 3.70. The molecular formula is C9H16N2O4. The molecule has 1 atom stereocenters. The first-order valence-electron chi connectivity index (χ1n) is 4.97. The van der Waals surface area contributed by atoms with Crippen molar-refractivity contribution in [1.82, 2.24) is 10.6 Å². The second-order valence-corrected chi connectivity index (χ2v) is 3.70. The maximum absolute atomic E-state index is 11.4. The molecule has 1 aliphatic heterocycles. The van der Waals surface area contributed by atoms with Gasteiger partial charge in [0.25, 0.3) is 0 Å². The van der Waals surface area contributed by atoms with Crippen LogP contribution in [0.25, 0.3) is 0 Å². The van der Waals surface area contributed by atoms with Crippen molar-refractivity contribution < 1.29 is 19.8 Å². The van der Waals surface area contributed by atoms with Gasteiger partial charge in [-0.15, -0.1) is 0 Å². The number of carbonyl (C=O) groups excluding carboxylic acids is 1. The van der Waals surface area contributed by atoms with Gasteiger partial charge in [-0.25, -0.2) is 4.79 Å². The highest BCUT2D eigenvalue weighted by Crippen LogP contribution is 2.08. The summed E-state index contributed by atoms with van der Waals surface area (Å²) in [7, 11) is 0. The van der Waals surface area contributed by atoms with E-state index in [1.807, 2.05) is 0 Å². The summed E-state index contributed by atoms with van der Waals surface area (Å²) in [5.74, 6) is -1.06. The van der Waals surface area contributed by atoms with E-state index in [0.29, 0.717) is 12.3 Å². The molecule has 0 aromatic heterocycles. The molecule has 15 heavy (non-hydrogen) atoms. The van der Waals surface area contributed by atoms with E-state index in [1.165, 1.54) is 0 Å². The summed E-state index contributed by atoms with van der Waals surface area (Å²) in [4.78, 5) is 22.0. The Bertz CT molecular complexity index is 240. The summed E-state index contributed by atoms with van der Waals surface area (Å²) in [5, 5.41) is 22.8. The number of aliphatic hydroxyl groups is 1. The van der Waals surface area contributed by atoms with Crippen LogP contribution >= 0.6 is 0 Å². The number of hydrogen-bond donors (Lipinski definition) is 4. The molecule has 1 rings (SSSR count). The summed E-state index contributed by atoms with van der Waals surface area (Å²) < 4.78 is 0. The van der Waals surface area contributed by atoms with Gasteiger partial charge in [0.05, 0.1) is 0 Å². The van der Waals surface area contributed by atoms with Crippen molar-refractivity contribution in [2.75, 3.05) is 19.7 Å². The molecule has 0 radical (unpaired) electrons. The number of nitrogens with one attached hydrogen (secondary N) is 2. The molecule has 1 heterocycles. The van der Waals surface area contributed by atoms with Crippen LogP contribution in [-0.2, 0) is 9.59 Å². The lowest BCUT2D eigenvalue weighted by Gasteiger charge is -2.26. The molecule has 0 aromatic rings. The standard InChI is InChI=1S/C9H16N2O4/c12-2-1-7(9(14)15)11-8(13)3-6-4-10-5-6/h6-7,10,12H,1-5H2,(H,11,13)(H,14,15). The van der Waals surface area contributed by atoms with E-state index in [1.54, 1.807) is 0 Å². The maximum atomic E-state index is 11.4. The molecule has 6 heteroatoms. The van der Waals surface area contributed by atoms with Crippen molar-refractivity contribution in [2.24, 2.45) is 5.92 Å². The number of carboxylic acids is 1. The Balaban J connectivity index is 2.28. The van der Waals surface area contributed by atoms with Gasteiger partial charge in [0.1, 0.15) is 6.04 Å². The van der Waals surface area contributed by atoms with Crippen LogP contribution in [0.15, 0.2) is 0 Å². The van der Waals surface area contributed by atoms with Crippen molar-refractivity contribution in [2.45, 2.75) is 18.9 Å². The molecule has 1 aliphatic rings. The quantitative estimate of drug-likeness (QED) is 0.435. The predicted octanol–water partition coefficient (Wildman–Crippen LogP) is -1.45. The van der Waals surface area contributed by atoms with E-state index < -0.39 is 12.0 Å². The highest BCUT2D eigenvalue weighted by Gasteiger charge is 2.23. The van der Waals surface area contributed by atoms with Crippen LogP contribution in [0.1, 0.15) is 12.8 Å². The zero-order chi connectivity index (χ0) is 11.3. The van der Waals surface area contributed by atoms with Crippen molar-refractivity contribution in [3.8, 4) is 0 Å². The average Bonchev–Trinajstić information content (AvgIpc) is 2.10. The lowest BCUT2D eigenvalue weighted by atomic mass is 9.99. The number of aliphatic hydroxyl groups excluding tert-OH is 1. The molecule has 0 saturated carbocycles. The van der Waals surface area contributed by atoms with E-state index in [4.69, 9.17) is 10.2 Å². The first kappa shape index (κ1) is 11.9. The fraction of sp³-hybridized carbons (Fsp3) is 0.778. The number of hydrogen-bond acceptors (Lipinski definition) is 4. The average molecular weight is 216 g/mol. The fourth-order valence-corrected chi connectivity index (χ4v) is 1.39. The largest absolute Gasteiger partial charge is 0.480 e. The van der Waals surface area contributed by atoms with E-state index in [9.17, 15) is 9.59 Å². The van der Waals surface area contributed by atoms with Gasteiger partial charge in [-0.1, -0.05) is 0 Å². The molecule has 1 amide bonds. The van der Waals surface area contributed by atoms with Crippen LogP contribution in [0, 0.1) is 5.92 Å². The van der Waals surface area contributed by atoms with Crippen LogP contribution in [0.3, 0.4) is 0 Å².